The van der Waals surface area contributed by atoms with Gasteiger partial charge in [0.1, 0.15) is 10.7 Å². The Bertz CT molecular complexity index is 1020. The van der Waals surface area contributed by atoms with Gasteiger partial charge in [0.15, 0.2) is 5.13 Å². The monoisotopic (exact) mass is 472 g/mol. The van der Waals surface area contributed by atoms with Crippen molar-refractivity contribution in [1.82, 2.24) is 25.2 Å². The summed E-state index contributed by atoms with van der Waals surface area (Å²) in [5.74, 6) is -0.112. The highest BCUT2D eigenvalue weighted by Crippen LogP contribution is 2.24. The van der Waals surface area contributed by atoms with Crippen molar-refractivity contribution in [2.45, 2.75) is 39.8 Å². The van der Waals surface area contributed by atoms with Crippen molar-refractivity contribution in [1.29, 1.82) is 0 Å². The van der Waals surface area contributed by atoms with Crippen LogP contribution in [0.5, 0.6) is 0 Å². The zero-order valence-electron chi connectivity index (χ0n) is 18.8. The molecule has 2 N–H and O–H groups in total. The molecule has 0 saturated carbocycles. The number of amides is 3. The van der Waals surface area contributed by atoms with E-state index in [0.717, 1.165) is 36.3 Å². The van der Waals surface area contributed by atoms with E-state index in [0.29, 0.717) is 29.0 Å². The molecule has 0 atom stereocenters. The quantitative estimate of drug-likeness (QED) is 0.412. The lowest BCUT2D eigenvalue weighted by molar-refractivity contribution is 0.0956. The van der Waals surface area contributed by atoms with E-state index in [-0.39, 0.29) is 24.3 Å². The molecule has 176 valence electrons. The van der Waals surface area contributed by atoms with E-state index in [1.165, 1.54) is 23.2 Å². The molecule has 3 rings (SSSR count). The Labute approximate surface area is 196 Å². The van der Waals surface area contributed by atoms with Crippen molar-refractivity contribution in [3.05, 3.63) is 65.4 Å². The maximum atomic E-state index is 13.3. The van der Waals surface area contributed by atoms with Gasteiger partial charge in [-0.25, -0.2) is 19.2 Å². The Kier molecular flexibility index (Phi) is 8.94. The predicted octanol–water partition coefficient (Wildman–Crippen LogP) is 4.06. The third kappa shape index (κ3) is 7.67. The normalized spacial score (nSPS) is 10.9. The highest BCUT2D eigenvalue weighted by molar-refractivity contribution is 7.17. The molecule has 33 heavy (non-hydrogen) atoms. The smallest absolute Gasteiger partial charge is 0.324 e. The molecular formula is C23H29FN6O2S. The number of nitrogens with one attached hydrogen (secondary N) is 2. The largest absolute Gasteiger partial charge is 0.351 e. The van der Waals surface area contributed by atoms with Crippen molar-refractivity contribution >= 4 is 28.4 Å². The fourth-order valence-electron chi connectivity index (χ4n) is 3.03. The second-order valence-corrected chi connectivity index (χ2v) is 9.05. The zero-order valence-corrected chi connectivity index (χ0v) is 19.6. The van der Waals surface area contributed by atoms with Crippen molar-refractivity contribution in [2.24, 2.45) is 5.92 Å². The van der Waals surface area contributed by atoms with Gasteiger partial charge in [-0.15, -0.1) is 0 Å². The molecule has 2 heterocycles. The molecule has 1 aromatic carbocycles. The Morgan fingerprint density at radius 2 is 1.97 bits per heavy atom. The van der Waals surface area contributed by atoms with Crippen LogP contribution in [0.15, 0.2) is 49.2 Å². The number of carbonyl (C=O) groups excluding carboxylic acids is 2. The topological polar surface area (TPSA) is 92.1 Å². The fourth-order valence-corrected chi connectivity index (χ4v) is 3.86. The molecule has 0 aliphatic heterocycles. The molecule has 3 amide bonds. The molecule has 3 aromatic rings. The lowest BCUT2D eigenvalue weighted by Crippen LogP contribution is -2.40. The Hall–Kier alpha value is -3.27. The minimum Gasteiger partial charge on any atom is -0.351 e. The van der Waals surface area contributed by atoms with Gasteiger partial charge in [0, 0.05) is 32.0 Å². The lowest BCUT2D eigenvalue weighted by atomic mass is 10.1. The molecule has 0 saturated heterocycles. The summed E-state index contributed by atoms with van der Waals surface area (Å²) >= 11 is 1.15. The third-order valence-electron chi connectivity index (χ3n) is 4.88. The summed E-state index contributed by atoms with van der Waals surface area (Å²) in [7, 11) is 0. The van der Waals surface area contributed by atoms with E-state index in [4.69, 9.17) is 0 Å². The molecule has 0 fully saturated rings. The number of aryl methyl sites for hydroxylation is 1. The first kappa shape index (κ1) is 24.4. The van der Waals surface area contributed by atoms with Gasteiger partial charge in [0.2, 0.25) is 0 Å². The number of nitrogens with zero attached hydrogens (tertiary/aromatic N) is 4. The number of rotatable bonds is 11. The number of halogens is 1. The van der Waals surface area contributed by atoms with Crippen molar-refractivity contribution in [3.63, 3.8) is 0 Å². The maximum Gasteiger partial charge on any atom is 0.324 e. The molecule has 0 spiro atoms. The van der Waals surface area contributed by atoms with Crippen LogP contribution in [0, 0.1) is 11.7 Å². The molecular weight excluding hydrogens is 443 g/mol. The van der Waals surface area contributed by atoms with Gasteiger partial charge < -0.3 is 15.2 Å². The van der Waals surface area contributed by atoms with Crippen LogP contribution in [0.25, 0.3) is 0 Å². The second-order valence-electron chi connectivity index (χ2n) is 8.04. The number of aromatic nitrogens is 3. The van der Waals surface area contributed by atoms with Crippen molar-refractivity contribution < 1.29 is 14.0 Å². The fraction of sp³-hybridized carbons (Fsp3) is 0.391. The van der Waals surface area contributed by atoms with E-state index in [1.54, 1.807) is 24.7 Å². The molecule has 2 aromatic heterocycles. The van der Waals surface area contributed by atoms with Crippen LogP contribution in [0.4, 0.5) is 14.3 Å². The van der Waals surface area contributed by atoms with Gasteiger partial charge in [-0.1, -0.05) is 37.3 Å². The van der Waals surface area contributed by atoms with Gasteiger partial charge in [-0.2, -0.15) is 0 Å². The summed E-state index contributed by atoms with van der Waals surface area (Å²) in [6, 6.07) is 5.67. The first-order chi connectivity index (χ1) is 15.9. The Morgan fingerprint density at radius 1 is 1.18 bits per heavy atom. The van der Waals surface area contributed by atoms with E-state index < -0.39 is 0 Å². The first-order valence-electron chi connectivity index (χ1n) is 10.9. The highest BCUT2D eigenvalue weighted by Gasteiger charge is 2.21. The Balaban J connectivity index is 1.63. The summed E-state index contributed by atoms with van der Waals surface area (Å²) in [5, 5.41) is 6.20. The summed E-state index contributed by atoms with van der Waals surface area (Å²) in [6.45, 7) is 6.20. The van der Waals surface area contributed by atoms with Gasteiger partial charge in [0.25, 0.3) is 5.91 Å². The van der Waals surface area contributed by atoms with Crippen LogP contribution in [-0.4, -0.2) is 39.6 Å². The molecule has 0 aliphatic rings. The number of benzene rings is 1. The number of urea groups is 1. The minimum absolute atomic E-state index is 0.216. The van der Waals surface area contributed by atoms with Crippen molar-refractivity contribution in [3.8, 4) is 0 Å². The molecule has 10 heteroatoms. The summed E-state index contributed by atoms with van der Waals surface area (Å²) in [4.78, 5) is 35.6. The molecule has 0 bridgehead atoms. The molecule has 0 aliphatic carbocycles. The molecule has 0 unspecified atom stereocenters. The predicted molar refractivity (Wildman–Crippen MR) is 127 cm³/mol. The average molecular weight is 473 g/mol. The summed E-state index contributed by atoms with van der Waals surface area (Å²) < 4.78 is 15.2. The number of thiazole rings is 1. The lowest BCUT2D eigenvalue weighted by Gasteiger charge is -2.21. The maximum absolute atomic E-state index is 13.3. The standard InChI is InChI=1S/C23H29FN6O2S/c1-17(2)8-10-27-22(32)30(15-18-4-6-19(24)7-5-18)23-28-14-20(33-23)21(31)26-9-3-12-29-13-11-25-16-29/h4-7,11,13-14,16-17H,3,8-10,12,15H2,1-2H3,(H,26,31)(H,27,32). The van der Waals surface area contributed by atoms with Crippen LogP contribution in [-0.2, 0) is 13.1 Å². The number of carbonyl (C=O) groups is 2. The van der Waals surface area contributed by atoms with Gasteiger partial charge in [-0.05, 0) is 36.5 Å². The van der Waals surface area contributed by atoms with Crippen LogP contribution in [0.3, 0.4) is 0 Å². The highest BCUT2D eigenvalue weighted by atomic mass is 32.1. The third-order valence-corrected chi connectivity index (χ3v) is 5.90. The number of anilines is 1. The number of hydrogen-bond acceptors (Lipinski definition) is 5. The van der Waals surface area contributed by atoms with Crippen LogP contribution in [0.2, 0.25) is 0 Å². The van der Waals surface area contributed by atoms with E-state index in [9.17, 15) is 14.0 Å². The van der Waals surface area contributed by atoms with Gasteiger partial charge in [0.05, 0.1) is 19.1 Å². The number of hydrogen-bond donors (Lipinski definition) is 2. The first-order valence-corrected chi connectivity index (χ1v) is 11.7. The summed E-state index contributed by atoms with van der Waals surface area (Å²) in [6.07, 6.45) is 8.42. The Morgan fingerprint density at radius 3 is 2.67 bits per heavy atom. The molecule has 8 nitrogen and oxygen atoms in total. The van der Waals surface area contributed by atoms with Gasteiger partial charge >= 0.3 is 6.03 Å². The van der Waals surface area contributed by atoms with Crippen LogP contribution in [0.1, 0.15) is 41.9 Å². The zero-order chi connectivity index (χ0) is 23.6. The SMILES string of the molecule is CC(C)CCNC(=O)N(Cc1ccc(F)cc1)c1ncc(C(=O)NCCCn2ccnc2)s1. The molecule has 0 radical (unpaired) electrons. The van der Waals surface area contributed by atoms with E-state index in [1.807, 2.05) is 10.8 Å². The van der Waals surface area contributed by atoms with Crippen LogP contribution >= 0.6 is 11.3 Å². The summed E-state index contributed by atoms with van der Waals surface area (Å²) in [5.41, 5.74) is 0.760. The average Bonchev–Trinajstić information content (AvgIpc) is 3.48. The van der Waals surface area contributed by atoms with E-state index >= 15 is 0 Å². The second kappa shape index (κ2) is 12.1. The van der Waals surface area contributed by atoms with Gasteiger partial charge in [-0.3, -0.25) is 9.69 Å². The van der Waals surface area contributed by atoms with Crippen LogP contribution < -0.4 is 15.5 Å². The van der Waals surface area contributed by atoms with E-state index in [2.05, 4.69) is 34.4 Å². The van der Waals surface area contributed by atoms with Crippen molar-refractivity contribution in [2.75, 3.05) is 18.0 Å². The number of imidazole rings is 1. The minimum atomic E-state index is -0.340.